The first-order valence-electron chi connectivity index (χ1n) is 8.46. The summed E-state index contributed by atoms with van der Waals surface area (Å²) in [5, 5.41) is 10.4. The van der Waals surface area contributed by atoms with Gasteiger partial charge in [0.15, 0.2) is 0 Å². The maximum Gasteiger partial charge on any atom is 0.240 e. The van der Waals surface area contributed by atoms with E-state index in [0.717, 1.165) is 28.1 Å². The summed E-state index contributed by atoms with van der Waals surface area (Å²) in [6, 6.07) is 15.3. The Morgan fingerprint density at radius 2 is 1.81 bits per heavy atom. The number of carbonyl (C=O) groups is 2. The zero-order valence-corrected chi connectivity index (χ0v) is 14.1. The fraction of sp³-hybridized carbons (Fsp3) is 0.150. The van der Waals surface area contributed by atoms with Crippen molar-refractivity contribution < 1.29 is 9.59 Å². The van der Waals surface area contributed by atoms with Gasteiger partial charge < -0.3 is 10.6 Å². The van der Waals surface area contributed by atoms with Crippen molar-refractivity contribution in [1.29, 1.82) is 0 Å². The smallest absolute Gasteiger partial charge is 0.240 e. The lowest BCUT2D eigenvalue weighted by Gasteiger charge is -2.31. The molecule has 1 atom stereocenters. The second kappa shape index (κ2) is 5.05. The number of anilines is 2. The Balaban J connectivity index is 1.79. The van der Waals surface area contributed by atoms with Crippen molar-refractivity contribution in [2.75, 3.05) is 10.6 Å². The van der Waals surface area contributed by atoms with E-state index in [9.17, 15) is 9.59 Å². The van der Waals surface area contributed by atoms with E-state index >= 15 is 0 Å². The summed E-state index contributed by atoms with van der Waals surface area (Å²) in [6.45, 7) is 1.95. The van der Waals surface area contributed by atoms with Crippen LogP contribution in [0.15, 0.2) is 54.7 Å². The van der Waals surface area contributed by atoms with Gasteiger partial charge in [-0.3, -0.25) is 9.59 Å². The third-order valence-corrected chi connectivity index (χ3v) is 5.27. The minimum atomic E-state index is -1.04. The van der Waals surface area contributed by atoms with Crippen molar-refractivity contribution in [3.05, 3.63) is 71.4 Å². The molecule has 2 amide bonds. The number of aromatic nitrogens is 2. The highest BCUT2D eigenvalue weighted by Gasteiger charge is 2.54. The van der Waals surface area contributed by atoms with Crippen molar-refractivity contribution in [3.63, 3.8) is 0 Å². The van der Waals surface area contributed by atoms with Crippen molar-refractivity contribution >= 4 is 23.3 Å². The highest BCUT2D eigenvalue weighted by Crippen LogP contribution is 2.50. The Labute approximate surface area is 149 Å². The molecule has 0 unspecified atom stereocenters. The molecule has 26 heavy (non-hydrogen) atoms. The largest absolute Gasteiger partial charge is 0.324 e. The molecule has 2 aliphatic rings. The number of carbonyl (C=O) groups excluding carboxylic acids is 2. The first-order chi connectivity index (χ1) is 12.6. The summed E-state index contributed by atoms with van der Waals surface area (Å²) < 4.78 is 1.68. The van der Waals surface area contributed by atoms with Crippen LogP contribution in [0.2, 0.25) is 0 Å². The van der Waals surface area contributed by atoms with Gasteiger partial charge in [0, 0.05) is 17.7 Å². The van der Waals surface area contributed by atoms with Gasteiger partial charge in [0.25, 0.3) is 0 Å². The molecule has 0 saturated heterocycles. The highest BCUT2D eigenvalue weighted by atomic mass is 16.2. The SMILES string of the molecule is Cc1cccc2c1NC(=O)[C@@]21CC(=O)Nc2c1cnn2-c1ccccc1. The number of rotatable bonds is 1. The molecule has 0 bridgehead atoms. The third-order valence-electron chi connectivity index (χ3n) is 5.27. The summed E-state index contributed by atoms with van der Waals surface area (Å²) in [7, 11) is 0. The lowest BCUT2D eigenvalue weighted by Crippen LogP contribution is -2.43. The third kappa shape index (κ3) is 1.78. The second-order valence-electron chi connectivity index (χ2n) is 6.74. The first-order valence-corrected chi connectivity index (χ1v) is 8.46. The lowest BCUT2D eigenvalue weighted by atomic mass is 9.71. The molecule has 128 valence electrons. The summed E-state index contributed by atoms with van der Waals surface area (Å²) in [5.41, 5.74) is 3.13. The van der Waals surface area contributed by atoms with Gasteiger partial charge in [-0.2, -0.15) is 5.10 Å². The molecule has 2 aromatic carbocycles. The van der Waals surface area contributed by atoms with Gasteiger partial charge in [-0.15, -0.1) is 0 Å². The maximum atomic E-state index is 13.1. The molecule has 0 saturated carbocycles. The number of nitrogens with zero attached hydrogens (tertiary/aromatic N) is 2. The molecule has 5 rings (SSSR count). The normalized spacial score (nSPS) is 20.5. The van der Waals surface area contributed by atoms with Crippen molar-refractivity contribution in [3.8, 4) is 5.69 Å². The summed E-state index contributed by atoms with van der Waals surface area (Å²) in [5.74, 6) is 0.183. The van der Waals surface area contributed by atoms with Crippen LogP contribution < -0.4 is 10.6 Å². The molecule has 3 aromatic rings. The zero-order chi connectivity index (χ0) is 17.9. The Hall–Kier alpha value is -3.41. The average molecular weight is 344 g/mol. The zero-order valence-electron chi connectivity index (χ0n) is 14.1. The van der Waals surface area contributed by atoms with Crippen molar-refractivity contribution in [1.82, 2.24) is 9.78 Å². The molecule has 1 aromatic heterocycles. The lowest BCUT2D eigenvalue weighted by molar-refractivity contribution is -0.125. The maximum absolute atomic E-state index is 13.1. The fourth-order valence-corrected chi connectivity index (χ4v) is 4.03. The van der Waals surface area contributed by atoms with Gasteiger partial charge >= 0.3 is 0 Å². The number of hydrogen-bond donors (Lipinski definition) is 2. The van der Waals surface area contributed by atoms with Gasteiger partial charge in [-0.25, -0.2) is 4.68 Å². The number of aryl methyl sites for hydroxylation is 1. The number of amides is 2. The van der Waals surface area contributed by atoms with E-state index in [2.05, 4.69) is 15.7 Å². The van der Waals surface area contributed by atoms with Crippen LogP contribution in [0.4, 0.5) is 11.5 Å². The monoisotopic (exact) mass is 344 g/mol. The van der Waals surface area contributed by atoms with Crippen LogP contribution >= 0.6 is 0 Å². The van der Waals surface area contributed by atoms with Crippen LogP contribution in [-0.4, -0.2) is 21.6 Å². The molecule has 6 nitrogen and oxygen atoms in total. The van der Waals surface area contributed by atoms with Gasteiger partial charge in [0.1, 0.15) is 11.2 Å². The van der Waals surface area contributed by atoms with Gasteiger partial charge in [-0.1, -0.05) is 36.4 Å². The van der Waals surface area contributed by atoms with Crippen LogP contribution in [0, 0.1) is 6.92 Å². The topological polar surface area (TPSA) is 76.0 Å². The van der Waals surface area contributed by atoms with Gasteiger partial charge in [0.2, 0.25) is 11.8 Å². The molecule has 3 heterocycles. The highest BCUT2D eigenvalue weighted by molar-refractivity contribution is 6.15. The second-order valence-corrected chi connectivity index (χ2v) is 6.74. The van der Waals surface area contributed by atoms with E-state index in [0.29, 0.717) is 5.82 Å². The summed E-state index contributed by atoms with van der Waals surface area (Å²) >= 11 is 0. The molecule has 0 radical (unpaired) electrons. The Bertz CT molecular complexity index is 1070. The summed E-state index contributed by atoms with van der Waals surface area (Å²) in [4.78, 5) is 25.7. The first kappa shape index (κ1) is 14.9. The van der Waals surface area contributed by atoms with E-state index in [1.807, 2.05) is 55.5 Å². The Kier molecular flexibility index (Phi) is 2.89. The predicted molar refractivity (Wildman–Crippen MR) is 97.4 cm³/mol. The molecule has 0 fully saturated rings. The van der Waals surface area contributed by atoms with E-state index in [1.54, 1.807) is 10.9 Å². The van der Waals surface area contributed by atoms with E-state index < -0.39 is 5.41 Å². The molecule has 2 N–H and O–H groups in total. The standard InChI is InChI=1S/C20H16N4O2/c1-12-6-5-9-14-17(12)23-19(26)20(14)10-16(25)22-18-15(20)11-21-24(18)13-7-3-2-4-8-13/h2-9,11H,10H2,1H3,(H,22,25)(H,23,26)/t20-/m0/s1. The molecular formula is C20H16N4O2. The van der Waals surface area contributed by atoms with Crippen LogP contribution in [-0.2, 0) is 15.0 Å². The Morgan fingerprint density at radius 1 is 1.00 bits per heavy atom. The molecular weight excluding hydrogens is 328 g/mol. The quantitative estimate of drug-likeness (QED) is 0.713. The minimum absolute atomic E-state index is 0.0722. The molecule has 6 heteroatoms. The van der Waals surface area contributed by atoms with E-state index in [-0.39, 0.29) is 18.2 Å². The van der Waals surface area contributed by atoms with Crippen molar-refractivity contribution in [2.45, 2.75) is 18.8 Å². The number of hydrogen-bond acceptors (Lipinski definition) is 3. The predicted octanol–water partition coefficient (Wildman–Crippen LogP) is 2.76. The molecule has 0 aliphatic carbocycles. The average Bonchev–Trinajstić information content (AvgIpc) is 3.18. The van der Waals surface area contributed by atoms with Crippen LogP contribution in [0.5, 0.6) is 0 Å². The van der Waals surface area contributed by atoms with Gasteiger partial charge in [0.05, 0.1) is 11.9 Å². The van der Waals surface area contributed by atoms with Crippen LogP contribution in [0.1, 0.15) is 23.1 Å². The van der Waals surface area contributed by atoms with Crippen molar-refractivity contribution in [2.24, 2.45) is 0 Å². The minimum Gasteiger partial charge on any atom is -0.324 e. The summed E-state index contributed by atoms with van der Waals surface area (Å²) in [6.07, 6.45) is 1.77. The molecule has 2 aliphatic heterocycles. The number of fused-ring (bicyclic) bond motifs is 4. The number of nitrogens with one attached hydrogen (secondary N) is 2. The number of benzene rings is 2. The number of para-hydroxylation sites is 2. The Morgan fingerprint density at radius 3 is 2.62 bits per heavy atom. The molecule has 1 spiro atoms. The van der Waals surface area contributed by atoms with Crippen LogP contribution in [0.3, 0.4) is 0 Å². The van der Waals surface area contributed by atoms with E-state index in [1.165, 1.54) is 0 Å². The fourth-order valence-electron chi connectivity index (χ4n) is 4.03. The van der Waals surface area contributed by atoms with E-state index in [4.69, 9.17) is 0 Å². The van der Waals surface area contributed by atoms with Crippen LogP contribution in [0.25, 0.3) is 5.69 Å². The van der Waals surface area contributed by atoms with Gasteiger partial charge in [-0.05, 0) is 30.2 Å².